The quantitative estimate of drug-likeness (QED) is 0.377. The summed E-state index contributed by atoms with van der Waals surface area (Å²) in [5.41, 5.74) is -4.12. The van der Waals surface area contributed by atoms with Gasteiger partial charge in [-0.05, 0) is 59.8 Å². The van der Waals surface area contributed by atoms with Gasteiger partial charge in [-0.2, -0.15) is 0 Å². The standard InChI is InChI=1S/C29H52O10/c1-11-20-29(9,35)24(31)17(4)22(30)15(2)12-27(7,34)13-16(3)23(18(5)26(33)38-20)39-21-14-28(8,36-10)25(32)19(6)37-21/h15-21,23-25,31-32,34-35H,11-14H2,1-10H3/t15-,16-,17+,18?,19+,20-,21?,23+,24?,25+,27-,28?,29-/m1/s1. The largest absolute Gasteiger partial charge is 0.459 e. The van der Waals surface area contributed by atoms with Crippen LogP contribution in [-0.4, -0.2) is 92.9 Å². The van der Waals surface area contributed by atoms with Gasteiger partial charge in [0.05, 0.1) is 35.4 Å². The maximum atomic E-state index is 13.5. The van der Waals surface area contributed by atoms with Gasteiger partial charge in [-0.3, -0.25) is 9.59 Å². The zero-order valence-corrected chi connectivity index (χ0v) is 25.3. The lowest BCUT2D eigenvalue weighted by Gasteiger charge is -2.46. The molecule has 39 heavy (non-hydrogen) atoms. The average molecular weight is 561 g/mol. The highest BCUT2D eigenvalue weighted by molar-refractivity contribution is 5.83. The van der Waals surface area contributed by atoms with Crippen LogP contribution < -0.4 is 0 Å². The monoisotopic (exact) mass is 560 g/mol. The van der Waals surface area contributed by atoms with Gasteiger partial charge in [-0.15, -0.1) is 0 Å². The molecule has 2 saturated heterocycles. The number of Topliss-reactive ketones (excluding diaryl/α,β-unsaturated/α-hetero) is 1. The fourth-order valence-corrected chi connectivity index (χ4v) is 6.47. The van der Waals surface area contributed by atoms with Crippen LogP contribution in [0.1, 0.15) is 88.0 Å². The van der Waals surface area contributed by atoms with Crippen LogP contribution in [0.5, 0.6) is 0 Å². The summed E-state index contributed by atoms with van der Waals surface area (Å²) < 4.78 is 23.7. The molecule has 0 aromatic rings. The Bertz CT molecular complexity index is 844. The predicted molar refractivity (Wildman–Crippen MR) is 144 cm³/mol. The topological polar surface area (TPSA) is 152 Å². The van der Waals surface area contributed by atoms with Gasteiger partial charge in [0.1, 0.15) is 23.6 Å². The van der Waals surface area contributed by atoms with Crippen molar-refractivity contribution in [1.29, 1.82) is 0 Å². The zero-order valence-electron chi connectivity index (χ0n) is 25.3. The molecule has 4 N–H and O–H groups in total. The van der Waals surface area contributed by atoms with Crippen LogP contribution in [0.15, 0.2) is 0 Å². The molecule has 2 aliphatic rings. The van der Waals surface area contributed by atoms with Crippen molar-refractivity contribution in [2.45, 2.75) is 142 Å². The number of hydrogen-bond donors (Lipinski definition) is 4. The molecule has 0 aromatic heterocycles. The van der Waals surface area contributed by atoms with E-state index >= 15 is 0 Å². The summed E-state index contributed by atoms with van der Waals surface area (Å²) in [5, 5.41) is 44.2. The van der Waals surface area contributed by atoms with Gasteiger partial charge in [0, 0.05) is 25.4 Å². The summed E-state index contributed by atoms with van der Waals surface area (Å²) in [6.07, 6.45) is -4.88. The van der Waals surface area contributed by atoms with Crippen LogP contribution in [0.2, 0.25) is 0 Å². The summed E-state index contributed by atoms with van der Waals surface area (Å²) >= 11 is 0. The smallest absolute Gasteiger partial charge is 0.311 e. The van der Waals surface area contributed by atoms with Gasteiger partial charge < -0.3 is 39.4 Å². The molecule has 2 aliphatic heterocycles. The molecule has 0 radical (unpaired) electrons. The number of ether oxygens (including phenoxy) is 4. The molecule has 2 heterocycles. The van der Waals surface area contributed by atoms with Gasteiger partial charge >= 0.3 is 5.97 Å². The van der Waals surface area contributed by atoms with Gasteiger partial charge in [0.25, 0.3) is 0 Å². The first-order valence-electron chi connectivity index (χ1n) is 14.2. The lowest BCUT2D eigenvalue weighted by molar-refractivity contribution is -0.296. The van der Waals surface area contributed by atoms with Crippen molar-refractivity contribution in [1.82, 2.24) is 0 Å². The maximum absolute atomic E-state index is 13.5. The number of carbonyl (C=O) groups is 2. The molecule has 2 rings (SSSR count). The van der Waals surface area contributed by atoms with Crippen molar-refractivity contribution in [3.05, 3.63) is 0 Å². The van der Waals surface area contributed by atoms with Crippen molar-refractivity contribution in [2.75, 3.05) is 7.11 Å². The summed E-state index contributed by atoms with van der Waals surface area (Å²) in [6.45, 7) is 15.0. The van der Waals surface area contributed by atoms with E-state index < -0.39 is 77.3 Å². The molecule has 10 nitrogen and oxygen atoms in total. The molecule has 0 saturated carbocycles. The SMILES string of the molecule is CC[C@H]1OC(=O)C(C)[C@@H](OC2CC(C)(OC)[C@@H](O)[C@H](C)O2)[C@H](C)C[C@](C)(O)C[C@@H](C)C(=O)[C@H](C)C(O)[C@]1(C)O. The third-order valence-electron chi connectivity index (χ3n) is 9.00. The van der Waals surface area contributed by atoms with Gasteiger partial charge in [0.15, 0.2) is 6.29 Å². The third-order valence-corrected chi connectivity index (χ3v) is 9.00. The highest BCUT2D eigenvalue weighted by atomic mass is 16.7. The minimum atomic E-state index is -1.90. The number of rotatable bonds is 4. The fourth-order valence-electron chi connectivity index (χ4n) is 6.47. The summed E-state index contributed by atoms with van der Waals surface area (Å²) in [6, 6.07) is 0. The van der Waals surface area contributed by atoms with E-state index in [1.54, 1.807) is 41.5 Å². The Morgan fingerprint density at radius 3 is 2.05 bits per heavy atom. The molecule has 228 valence electrons. The summed E-state index contributed by atoms with van der Waals surface area (Å²) in [7, 11) is 1.51. The fraction of sp³-hybridized carbons (Fsp3) is 0.931. The summed E-state index contributed by atoms with van der Waals surface area (Å²) in [5.74, 6) is -3.69. The van der Waals surface area contributed by atoms with Crippen LogP contribution in [0.3, 0.4) is 0 Å². The number of carbonyl (C=O) groups excluding carboxylic acids is 2. The Hall–Kier alpha value is -1.14. The number of methoxy groups -OCH3 is 1. The highest BCUT2D eigenvalue weighted by Gasteiger charge is 2.49. The molecule has 10 heteroatoms. The highest BCUT2D eigenvalue weighted by Crippen LogP contribution is 2.38. The molecular weight excluding hydrogens is 508 g/mol. The molecule has 0 spiro atoms. The first-order valence-corrected chi connectivity index (χ1v) is 14.2. The Labute approximate surface area is 233 Å². The predicted octanol–water partition coefficient (Wildman–Crippen LogP) is 2.36. The van der Waals surface area contributed by atoms with Crippen LogP contribution in [0.25, 0.3) is 0 Å². The second-order valence-corrected chi connectivity index (χ2v) is 12.8. The minimum absolute atomic E-state index is 0.128. The van der Waals surface area contributed by atoms with E-state index in [9.17, 15) is 30.0 Å². The van der Waals surface area contributed by atoms with E-state index in [-0.39, 0.29) is 37.4 Å². The van der Waals surface area contributed by atoms with Crippen molar-refractivity contribution < 1.29 is 49.0 Å². The number of aliphatic hydroxyl groups is 4. The van der Waals surface area contributed by atoms with Gasteiger partial charge in [-0.25, -0.2) is 0 Å². The first kappa shape index (κ1) is 34.1. The number of ketones is 1. The Kier molecular flexibility index (Phi) is 11.2. The molecule has 13 atom stereocenters. The number of aliphatic hydroxyl groups excluding tert-OH is 2. The number of cyclic esters (lactones) is 1. The molecule has 2 fully saturated rings. The lowest BCUT2D eigenvalue weighted by atomic mass is 9.75. The second-order valence-electron chi connectivity index (χ2n) is 12.8. The molecule has 0 aliphatic carbocycles. The van der Waals surface area contributed by atoms with E-state index in [1.807, 2.05) is 6.92 Å². The van der Waals surface area contributed by atoms with Crippen molar-refractivity contribution in [2.24, 2.45) is 23.7 Å². The Morgan fingerprint density at radius 2 is 1.51 bits per heavy atom. The van der Waals surface area contributed by atoms with Gasteiger partial charge in [-0.1, -0.05) is 27.7 Å². The zero-order chi connectivity index (χ0) is 30.1. The van der Waals surface area contributed by atoms with Crippen molar-refractivity contribution in [3.63, 3.8) is 0 Å². The Morgan fingerprint density at radius 1 is 0.923 bits per heavy atom. The van der Waals surface area contributed by atoms with Crippen LogP contribution in [0, 0.1) is 23.7 Å². The normalized spacial score (nSPS) is 49.3. The average Bonchev–Trinajstić information content (AvgIpc) is 2.85. The first-order chi connectivity index (χ1) is 17.8. The number of esters is 1. The Balaban J connectivity index is 2.48. The van der Waals surface area contributed by atoms with Crippen molar-refractivity contribution in [3.8, 4) is 0 Å². The second kappa shape index (κ2) is 12.8. The van der Waals surface area contributed by atoms with E-state index in [4.69, 9.17) is 18.9 Å². The van der Waals surface area contributed by atoms with Crippen molar-refractivity contribution >= 4 is 11.8 Å². The van der Waals surface area contributed by atoms with E-state index in [2.05, 4.69) is 0 Å². The van der Waals surface area contributed by atoms with E-state index in [0.29, 0.717) is 0 Å². The minimum Gasteiger partial charge on any atom is -0.459 e. The maximum Gasteiger partial charge on any atom is 0.311 e. The molecule has 0 amide bonds. The summed E-state index contributed by atoms with van der Waals surface area (Å²) in [4.78, 5) is 26.7. The molecule has 0 aromatic carbocycles. The van der Waals surface area contributed by atoms with E-state index in [1.165, 1.54) is 21.0 Å². The lowest BCUT2D eigenvalue weighted by Crippen LogP contribution is -2.58. The molecular formula is C29H52O10. The number of hydrogen-bond acceptors (Lipinski definition) is 10. The van der Waals surface area contributed by atoms with Crippen LogP contribution >= 0.6 is 0 Å². The van der Waals surface area contributed by atoms with Crippen LogP contribution in [0.4, 0.5) is 0 Å². The third kappa shape index (κ3) is 7.58. The van der Waals surface area contributed by atoms with E-state index in [0.717, 1.165) is 0 Å². The van der Waals surface area contributed by atoms with Crippen LogP contribution in [-0.2, 0) is 28.5 Å². The molecule has 0 bridgehead atoms. The van der Waals surface area contributed by atoms with Gasteiger partial charge in [0.2, 0.25) is 0 Å². The molecule has 4 unspecified atom stereocenters.